The zero-order valence-corrected chi connectivity index (χ0v) is 12.8. The van der Waals surface area contributed by atoms with Gasteiger partial charge in [0.2, 0.25) is 5.91 Å². The Kier molecular flexibility index (Phi) is 4.74. The molecule has 0 aromatic carbocycles. The topological polar surface area (TPSA) is 97.1 Å². The molecule has 2 aromatic heterocycles. The maximum atomic E-state index is 12.2. The Labute approximate surface area is 126 Å². The summed E-state index contributed by atoms with van der Waals surface area (Å²) in [7, 11) is 0. The molecule has 2 amide bonds. The molecule has 4 N–H and O–H groups in total. The number of carbonyl (C=O) groups excluding carboxylic acids is 2. The lowest BCUT2D eigenvalue weighted by Gasteiger charge is -2.13. The van der Waals surface area contributed by atoms with Crippen LogP contribution in [-0.2, 0) is 4.79 Å². The predicted molar refractivity (Wildman–Crippen MR) is 84.3 cm³/mol. The second-order valence-electron chi connectivity index (χ2n) is 4.69. The summed E-state index contributed by atoms with van der Waals surface area (Å²) in [5.41, 5.74) is 6.39. The van der Waals surface area contributed by atoms with Crippen molar-refractivity contribution in [1.82, 2.24) is 15.6 Å². The second-order valence-corrected chi connectivity index (χ2v) is 5.69. The number of nitrogens with zero attached hydrogens (tertiary/aromatic N) is 1. The van der Waals surface area contributed by atoms with Crippen molar-refractivity contribution in [2.45, 2.75) is 26.3 Å². The van der Waals surface area contributed by atoms with Crippen molar-refractivity contribution in [2.24, 2.45) is 0 Å². The molecule has 0 fully saturated rings. The van der Waals surface area contributed by atoms with E-state index in [1.165, 1.54) is 11.3 Å². The van der Waals surface area contributed by atoms with E-state index in [4.69, 9.17) is 5.73 Å². The Morgan fingerprint density at radius 3 is 2.90 bits per heavy atom. The van der Waals surface area contributed by atoms with Crippen LogP contribution in [0, 0.1) is 0 Å². The van der Waals surface area contributed by atoms with Gasteiger partial charge in [0.1, 0.15) is 15.7 Å². The fraction of sp³-hybridized carbons (Fsp3) is 0.357. The quantitative estimate of drug-likeness (QED) is 0.780. The van der Waals surface area contributed by atoms with E-state index in [1.807, 2.05) is 13.0 Å². The standard InChI is InChI=1S/C14H18N4O2S/c1-3-6-16-12(19)8(2)18-13(20)11-10(15)9-5-4-7-17-14(9)21-11/h4-5,7-8H,3,6,15H2,1-2H3,(H,16,19)(H,18,20). The summed E-state index contributed by atoms with van der Waals surface area (Å²) in [6.07, 6.45) is 2.50. The Hall–Kier alpha value is -2.15. The van der Waals surface area contributed by atoms with Crippen molar-refractivity contribution in [3.8, 4) is 0 Å². The maximum absolute atomic E-state index is 12.2. The molecule has 2 rings (SSSR count). The molecule has 0 saturated carbocycles. The van der Waals surface area contributed by atoms with Crippen molar-refractivity contribution < 1.29 is 9.59 Å². The molecule has 0 aliphatic heterocycles. The largest absolute Gasteiger partial charge is 0.397 e. The molecule has 0 saturated heterocycles. The normalized spacial score (nSPS) is 12.1. The van der Waals surface area contributed by atoms with Gasteiger partial charge in [-0.3, -0.25) is 9.59 Å². The van der Waals surface area contributed by atoms with Crippen LogP contribution >= 0.6 is 11.3 Å². The maximum Gasteiger partial charge on any atom is 0.264 e. The van der Waals surface area contributed by atoms with E-state index in [1.54, 1.807) is 19.2 Å². The van der Waals surface area contributed by atoms with E-state index < -0.39 is 6.04 Å². The lowest BCUT2D eigenvalue weighted by Crippen LogP contribution is -2.44. The van der Waals surface area contributed by atoms with Gasteiger partial charge in [-0.1, -0.05) is 6.92 Å². The lowest BCUT2D eigenvalue weighted by atomic mass is 10.2. The zero-order chi connectivity index (χ0) is 15.4. The van der Waals surface area contributed by atoms with Crippen LogP contribution in [0.25, 0.3) is 10.2 Å². The van der Waals surface area contributed by atoms with Gasteiger partial charge in [0.25, 0.3) is 5.91 Å². The molecule has 0 aliphatic carbocycles. The third-order valence-electron chi connectivity index (χ3n) is 3.00. The first-order valence-corrected chi connectivity index (χ1v) is 7.57. The molecule has 0 spiro atoms. The smallest absolute Gasteiger partial charge is 0.264 e. The van der Waals surface area contributed by atoms with E-state index in [2.05, 4.69) is 15.6 Å². The lowest BCUT2D eigenvalue weighted by molar-refractivity contribution is -0.122. The van der Waals surface area contributed by atoms with Gasteiger partial charge in [0.05, 0.1) is 5.69 Å². The molecule has 0 bridgehead atoms. The van der Waals surface area contributed by atoms with Gasteiger partial charge < -0.3 is 16.4 Å². The summed E-state index contributed by atoms with van der Waals surface area (Å²) in [5, 5.41) is 6.15. The number of nitrogens with one attached hydrogen (secondary N) is 2. The van der Waals surface area contributed by atoms with Gasteiger partial charge in [-0.25, -0.2) is 4.98 Å². The number of rotatable bonds is 5. The Bertz CT molecular complexity index is 668. The third-order valence-corrected chi connectivity index (χ3v) is 4.13. The number of hydrogen-bond donors (Lipinski definition) is 3. The molecule has 2 aromatic rings. The van der Waals surface area contributed by atoms with Gasteiger partial charge in [0, 0.05) is 18.1 Å². The summed E-state index contributed by atoms with van der Waals surface area (Å²) in [6.45, 7) is 4.20. The summed E-state index contributed by atoms with van der Waals surface area (Å²) >= 11 is 1.22. The SMILES string of the molecule is CCCNC(=O)C(C)NC(=O)c1sc2ncccc2c1N. The summed E-state index contributed by atoms with van der Waals surface area (Å²) in [5.74, 6) is -0.558. The van der Waals surface area contributed by atoms with Gasteiger partial charge >= 0.3 is 0 Å². The minimum Gasteiger partial charge on any atom is -0.397 e. The first-order valence-electron chi connectivity index (χ1n) is 6.76. The van der Waals surface area contributed by atoms with Crippen LogP contribution < -0.4 is 16.4 Å². The molecule has 2 heterocycles. The molecule has 7 heteroatoms. The van der Waals surface area contributed by atoms with Crippen LogP contribution in [0.1, 0.15) is 29.9 Å². The highest BCUT2D eigenvalue weighted by Gasteiger charge is 2.21. The fourth-order valence-electron chi connectivity index (χ4n) is 1.85. The molecule has 0 radical (unpaired) electrons. The van der Waals surface area contributed by atoms with Crippen LogP contribution in [0.4, 0.5) is 5.69 Å². The summed E-state index contributed by atoms with van der Waals surface area (Å²) in [6, 6.07) is 2.98. The van der Waals surface area contributed by atoms with Crippen LogP contribution in [0.2, 0.25) is 0 Å². The molecule has 21 heavy (non-hydrogen) atoms. The Balaban J connectivity index is 2.12. The number of amides is 2. The monoisotopic (exact) mass is 306 g/mol. The minimum absolute atomic E-state index is 0.206. The molecule has 6 nitrogen and oxygen atoms in total. The number of hydrogen-bond acceptors (Lipinski definition) is 5. The summed E-state index contributed by atoms with van der Waals surface area (Å²) < 4.78 is 0. The fourth-order valence-corrected chi connectivity index (χ4v) is 2.82. The highest BCUT2D eigenvalue weighted by Crippen LogP contribution is 2.31. The number of aromatic nitrogens is 1. The summed E-state index contributed by atoms with van der Waals surface area (Å²) in [4.78, 5) is 29.3. The number of thiophene rings is 1. The first kappa shape index (κ1) is 15.2. The van der Waals surface area contributed by atoms with E-state index in [0.29, 0.717) is 21.9 Å². The van der Waals surface area contributed by atoms with Crippen molar-refractivity contribution in [2.75, 3.05) is 12.3 Å². The molecule has 1 atom stereocenters. The highest BCUT2D eigenvalue weighted by atomic mass is 32.1. The average Bonchev–Trinajstić information content (AvgIpc) is 2.82. The van der Waals surface area contributed by atoms with Crippen molar-refractivity contribution in [1.29, 1.82) is 0 Å². The van der Waals surface area contributed by atoms with Gasteiger partial charge in [-0.05, 0) is 25.5 Å². The van der Waals surface area contributed by atoms with E-state index in [0.717, 1.165) is 11.8 Å². The molecular weight excluding hydrogens is 288 g/mol. The van der Waals surface area contributed by atoms with E-state index in [-0.39, 0.29) is 11.8 Å². The van der Waals surface area contributed by atoms with Crippen LogP contribution in [0.15, 0.2) is 18.3 Å². The predicted octanol–water partition coefficient (Wildman–Crippen LogP) is 1.52. The van der Waals surface area contributed by atoms with Crippen LogP contribution in [-0.4, -0.2) is 29.4 Å². The van der Waals surface area contributed by atoms with Crippen molar-refractivity contribution in [3.63, 3.8) is 0 Å². The molecular formula is C14H18N4O2S. The van der Waals surface area contributed by atoms with Gasteiger partial charge in [-0.15, -0.1) is 11.3 Å². The first-order chi connectivity index (χ1) is 10.0. The van der Waals surface area contributed by atoms with Crippen LogP contribution in [0.5, 0.6) is 0 Å². The minimum atomic E-state index is -0.610. The van der Waals surface area contributed by atoms with Crippen LogP contribution in [0.3, 0.4) is 0 Å². The van der Waals surface area contributed by atoms with Gasteiger partial charge in [0.15, 0.2) is 0 Å². The third kappa shape index (κ3) is 3.30. The van der Waals surface area contributed by atoms with Gasteiger partial charge in [-0.2, -0.15) is 0 Å². The van der Waals surface area contributed by atoms with Crippen molar-refractivity contribution in [3.05, 3.63) is 23.2 Å². The molecule has 0 aliphatic rings. The van der Waals surface area contributed by atoms with E-state index >= 15 is 0 Å². The molecule has 1 unspecified atom stereocenters. The number of anilines is 1. The Morgan fingerprint density at radius 2 is 2.24 bits per heavy atom. The molecule has 112 valence electrons. The number of pyridine rings is 1. The second kappa shape index (κ2) is 6.53. The van der Waals surface area contributed by atoms with Crippen molar-refractivity contribution >= 4 is 39.1 Å². The number of carbonyl (C=O) groups is 2. The average molecular weight is 306 g/mol. The Morgan fingerprint density at radius 1 is 1.48 bits per heavy atom. The van der Waals surface area contributed by atoms with E-state index in [9.17, 15) is 9.59 Å². The highest BCUT2D eigenvalue weighted by molar-refractivity contribution is 7.21. The zero-order valence-electron chi connectivity index (χ0n) is 12.0. The number of nitrogen functional groups attached to an aromatic ring is 1. The number of nitrogens with two attached hydrogens (primary N) is 1. The number of fused-ring (bicyclic) bond motifs is 1.